The van der Waals surface area contributed by atoms with Crippen LogP contribution < -0.4 is 14.2 Å². The molecule has 0 spiro atoms. The molecule has 3 aromatic carbocycles. The van der Waals surface area contributed by atoms with Crippen molar-refractivity contribution in [2.45, 2.75) is 46.0 Å². The summed E-state index contributed by atoms with van der Waals surface area (Å²) in [5, 5.41) is 0. The van der Waals surface area contributed by atoms with Crippen LogP contribution in [0.2, 0.25) is 0 Å². The SMILES string of the molecule is C=C(C)C(=O)OCOc1ccc(C=CC(=O)OC2=C/CC(C)(C)c3cc(OC(=O)C=Cc4ccc(OCOC(=O)C(=C)C)cc4F)ccc3C/C=C\2)c(F)c1. The van der Waals surface area contributed by atoms with Crippen molar-refractivity contribution < 1.29 is 56.4 Å². The first kappa shape index (κ1) is 41.2. The van der Waals surface area contributed by atoms with Gasteiger partial charge in [0.2, 0.25) is 13.6 Å². The molecule has 4 rings (SSSR count). The highest BCUT2D eigenvalue weighted by molar-refractivity contribution is 5.89. The monoisotopic (exact) mass is 754 g/mol. The number of allylic oxidation sites excluding steroid dienone is 3. The maximum Gasteiger partial charge on any atom is 0.336 e. The average molecular weight is 755 g/mol. The van der Waals surface area contributed by atoms with Gasteiger partial charge in [0, 0.05) is 46.6 Å². The Hall–Kier alpha value is -6.56. The summed E-state index contributed by atoms with van der Waals surface area (Å²) < 4.78 is 60.5. The lowest BCUT2D eigenvalue weighted by Crippen LogP contribution is -2.19. The number of esters is 4. The molecule has 0 aromatic heterocycles. The van der Waals surface area contributed by atoms with Crippen LogP contribution in [0.1, 0.15) is 56.4 Å². The molecule has 0 radical (unpaired) electrons. The summed E-state index contributed by atoms with van der Waals surface area (Å²) in [5.74, 6) is -3.19. The quantitative estimate of drug-likeness (QED) is 0.0521. The summed E-state index contributed by atoms with van der Waals surface area (Å²) >= 11 is 0. The summed E-state index contributed by atoms with van der Waals surface area (Å²) in [4.78, 5) is 48.3. The molecular formula is C43H40F2O10. The van der Waals surface area contributed by atoms with Crippen LogP contribution in [0.4, 0.5) is 8.78 Å². The molecule has 286 valence electrons. The lowest BCUT2D eigenvalue weighted by molar-refractivity contribution is -0.146. The Morgan fingerprint density at radius 1 is 0.727 bits per heavy atom. The topological polar surface area (TPSA) is 124 Å². The Labute approximate surface area is 317 Å². The van der Waals surface area contributed by atoms with E-state index in [9.17, 15) is 28.0 Å². The summed E-state index contributed by atoms with van der Waals surface area (Å²) in [5.41, 5.74) is 2.01. The maximum atomic E-state index is 14.6. The normalized spacial score (nSPS) is 14.9. The third-order valence-corrected chi connectivity index (χ3v) is 7.95. The number of hydrogen-bond donors (Lipinski definition) is 0. The van der Waals surface area contributed by atoms with Crippen molar-refractivity contribution in [1.29, 1.82) is 0 Å². The molecule has 0 amide bonds. The van der Waals surface area contributed by atoms with Crippen molar-refractivity contribution in [3.05, 3.63) is 149 Å². The van der Waals surface area contributed by atoms with Crippen molar-refractivity contribution >= 4 is 36.0 Å². The zero-order chi connectivity index (χ0) is 40.1. The lowest BCUT2D eigenvalue weighted by atomic mass is 9.78. The van der Waals surface area contributed by atoms with Gasteiger partial charge in [0.05, 0.1) is 0 Å². The van der Waals surface area contributed by atoms with Crippen molar-refractivity contribution in [3.63, 3.8) is 0 Å². The summed E-state index contributed by atoms with van der Waals surface area (Å²) in [6, 6.07) is 13.2. The van der Waals surface area contributed by atoms with Gasteiger partial charge in [-0.2, -0.15) is 0 Å². The van der Waals surface area contributed by atoms with Crippen molar-refractivity contribution in [1.82, 2.24) is 0 Å². The minimum Gasteiger partial charge on any atom is -0.457 e. The van der Waals surface area contributed by atoms with Crippen LogP contribution in [0.15, 0.2) is 115 Å². The number of benzene rings is 3. The highest BCUT2D eigenvalue weighted by atomic mass is 19.1. The second-order valence-corrected chi connectivity index (χ2v) is 12.9. The number of ether oxygens (including phenoxy) is 6. The second-order valence-electron chi connectivity index (χ2n) is 12.9. The molecule has 55 heavy (non-hydrogen) atoms. The highest BCUT2D eigenvalue weighted by Crippen LogP contribution is 2.35. The van der Waals surface area contributed by atoms with Crippen molar-refractivity contribution in [3.8, 4) is 17.2 Å². The number of fused-ring (bicyclic) bond motifs is 1. The Kier molecular flexibility index (Phi) is 14.2. The van der Waals surface area contributed by atoms with Crippen LogP contribution in [0.25, 0.3) is 12.2 Å². The molecule has 0 unspecified atom stereocenters. The smallest absolute Gasteiger partial charge is 0.336 e. The van der Waals surface area contributed by atoms with Crippen LogP contribution in [0.3, 0.4) is 0 Å². The fourth-order valence-electron chi connectivity index (χ4n) is 4.97. The molecule has 0 saturated carbocycles. The van der Waals surface area contributed by atoms with E-state index in [1.165, 1.54) is 50.3 Å². The van der Waals surface area contributed by atoms with E-state index in [2.05, 4.69) is 13.2 Å². The van der Waals surface area contributed by atoms with Gasteiger partial charge in [-0.15, -0.1) is 0 Å². The van der Waals surface area contributed by atoms with E-state index in [-0.39, 0.29) is 39.5 Å². The Morgan fingerprint density at radius 2 is 1.24 bits per heavy atom. The molecule has 0 heterocycles. The van der Waals surface area contributed by atoms with E-state index in [0.717, 1.165) is 35.4 Å². The first-order valence-corrected chi connectivity index (χ1v) is 16.9. The van der Waals surface area contributed by atoms with Gasteiger partial charge in [0.1, 0.15) is 34.6 Å². The zero-order valence-corrected chi connectivity index (χ0v) is 30.8. The average Bonchev–Trinajstić information content (AvgIpc) is 3.18. The van der Waals surface area contributed by atoms with E-state index in [4.69, 9.17) is 28.4 Å². The predicted octanol–water partition coefficient (Wildman–Crippen LogP) is 8.42. The maximum absolute atomic E-state index is 14.6. The van der Waals surface area contributed by atoms with E-state index in [1.54, 1.807) is 24.3 Å². The number of rotatable bonds is 14. The molecule has 0 bridgehead atoms. The summed E-state index contributed by atoms with van der Waals surface area (Å²) in [7, 11) is 0. The van der Waals surface area contributed by atoms with Crippen LogP contribution in [0.5, 0.6) is 17.2 Å². The van der Waals surface area contributed by atoms with Gasteiger partial charge in [-0.3, -0.25) is 0 Å². The first-order chi connectivity index (χ1) is 26.1. The van der Waals surface area contributed by atoms with Gasteiger partial charge < -0.3 is 28.4 Å². The first-order valence-electron chi connectivity index (χ1n) is 16.9. The number of carbonyl (C=O) groups excluding carboxylic acids is 4. The van der Waals surface area contributed by atoms with Crippen molar-refractivity contribution in [2.24, 2.45) is 0 Å². The number of halogens is 2. The van der Waals surface area contributed by atoms with Crippen LogP contribution in [0, 0.1) is 11.6 Å². The fraction of sp³-hybridized carbons (Fsp3) is 0.209. The van der Waals surface area contributed by atoms with Crippen LogP contribution in [-0.4, -0.2) is 37.5 Å². The number of hydrogen-bond acceptors (Lipinski definition) is 10. The molecule has 0 aliphatic heterocycles. The Morgan fingerprint density at radius 3 is 1.75 bits per heavy atom. The molecular weight excluding hydrogens is 714 g/mol. The van der Waals surface area contributed by atoms with E-state index in [1.807, 2.05) is 26.0 Å². The second kappa shape index (κ2) is 19.0. The standard InChI is InChI=1S/C43H40F2O10/c1-27(2)41(48)52-25-50-33-15-11-30(37(44)23-33)13-18-39(46)54-32-9-7-8-29-10-17-35(22-36(29)43(5,6)21-20-32)55-40(47)19-14-31-12-16-34(24-38(31)45)51-26-53-42(49)28(3)4/h7,9-20,22-24H,1,3,8,21,25-26H2,2,4-6H3/b9-7-,18-13?,19-14?,32-20+. The third kappa shape index (κ3) is 12.5. The molecule has 0 fully saturated rings. The predicted molar refractivity (Wildman–Crippen MR) is 200 cm³/mol. The third-order valence-electron chi connectivity index (χ3n) is 7.95. The minimum atomic E-state index is -0.722. The largest absolute Gasteiger partial charge is 0.457 e. The van der Waals surface area contributed by atoms with Gasteiger partial charge in [-0.05, 0) is 104 Å². The van der Waals surface area contributed by atoms with Gasteiger partial charge in [0.25, 0.3) is 0 Å². The lowest BCUT2D eigenvalue weighted by Gasteiger charge is -2.27. The van der Waals surface area contributed by atoms with Gasteiger partial charge in [-0.25, -0.2) is 28.0 Å². The molecule has 0 saturated heterocycles. The highest BCUT2D eigenvalue weighted by Gasteiger charge is 2.25. The summed E-state index contributed by atoms with van der Waals surface area (Å²) in [6.07, 6.45) is 11.0. The molecule has 0 atom stereocenters. The van der Waals surface area contributed by atoms with Crippen LogP contribution >= 0.6 is 0 Å². The van der Waals surface area contributed by atoms with E-state index in [0.29, 0.717) is 18.6 Å². The number of carbonyl (C=O) groups is 4. The Balaban J connectivity index is 1.34. The molecule has 1 aliphatic rings. The van der Waals surface area contributed by atoms with Gasteiger partial charge >= 0.3 is 23.9 Å². The molecule has 1 aliphatic carbocycles. The fourth-order valence-corrected chi connectivity index (χ4v) is 4.97. The van der Waals surface area contributed by atoms with Gasteiger partial charge in [0.15, 0.2) is 0 Å². The van der Waals surface area contributed by atoms with Crippen LogP contribution in [-0.2, 0) is 45.2 Å². The van der Waals surface area contributed by atoms with Crippen molar-refractivity contribution in [2.75, 3.05) is 13.6 Å². The van der Waals surface area contributed by atoms with Gasteiger partial charge in [-0.1, -0.05) is 39.1 Å². The molecule has 10 nitrogen and oxygen atoms in total. The Bertz CT molecular complexity index is 2110. The van der Waals surface area contributed by atoms with E-state index >= 15 is 0 Å². The molecule has 0 N–H and O–H groups in total. The zero-order valence-electron chi connectivity index (χ0n) is 30.8. The molecule has 3 aromatic rings. The molecule has 12 heteroatoms. The van der Waals surface area contributed by atoms with E-state index < -0.39 is 54.5 Å². The summed E-state index contributed by atoms with van der Waals surface area (Å²) in [6.45, 7) is 13.1. The minimum absolute atomic E-state index is 0.109.